The van der Waals surface area contributed by atoms with Gasteiger partial charge in [-0.3, -0.25) is 9.69 Å². The molecule has 7 heteroatoms. The third kappa shape index (κ3) is 4.34. The summed E-state index contributed by atoms with van der Waals surface area (Å²) >= 11 is 7.50. The van der Waals surface area contributed by atoms with E-state index in [0.29, 0.717) is 27.8 Å². The molecule has 0 spiro atoms. The quantitative estimate of drug-likeness (QED) is 0.509. The summed E-state index contributed by atoms with van der Waals surface area (Å²) in [6, 6.07) is 16.0. The molecule has 0 unspecified atom stereocenters. The van der Waals surface area contributed by atoms with E-state index in [1.165, 1.54) is 4.90 Å². The predicted octanol–water partition coefficient (Wildman–Crippen LogP) is 5.58. The Kier molecular flexibility index (Phi) is 6.31. The van der Waals surface area contributed by atoms with Gasteiger partial charge in [0.1, 0.15) is 0 Å². The van der Waals surface area contributed by atoms with E-state index in [0.717, 1.165) is 9.64 Å². The summed E-state index contributed by atoms with van der Waals surface area (Å²) < 4.78 is 6.51. The van der Waals surface area contributed by atoms with Crippen molar-refractivity contribution in [3.05, 3.63) is 81.3 Å². The van der Waals surface area contributed by atoms with Gasteiger partial charge in [0.2, 0.25) is 0 Å². The van der Waals surface area contributed by atoms with Crippen molar-refractivity contribution in [1.82, 2.24) is 4.74 Å². The van der Waals surface area contributed by atoms with Crippen molar-refractivity contribution >= 4 is 35.1 Å². The van der Waals surface area contributed by atoms with Crippen molar-refractivity contribution in [2.75, 3.05) is 4.90 Å². The van der Waals surface area contributed by atoms with Gasteiger partial charge < -0.3 is 4.52 Å². The van der Waals surface area contributed by atoms with Crippen LogP contribution in [0.5, 0.6) is 0 Å². The van der Waals surface area contributed by atoms with E-state index < -0.39 is 11.6 Å². The fourth-order valence-electron chi connectivity index (χ4n) is 2.75. The van der Waals surface area contributed by atoms with Gasteiger partial charge in [-0.2, -0.15) is 0 Å². The number of aromatic nitrogens is 1. The Bertz CT molecular complexity index is 1010. The van der Waals surface area contributed by atoms with Crippen molar-refractivity contribution in [2.45, 2.75) is 37.5 Å². The average molecular weight is 417 g/mol. The summed E-state index contributed by atoms with van der Waals surface area (Å²) in [4.78, 5) is 28.3. The summed E-state index contributed by atoms with van der Waals surface area (Å²) in [6.45, 7) is 5.43. The zero-order valence-electron chi connectivity index (χ0n) is 15.9. The Hall–Kier alpha value is -2.44. The van der Waals surface area contributed by atoms with Crippen LogP contribution in [-0.4, -0.2) is 16.8 Å². The first-order valence-corrected chi connectivity index (χ1v) is 10.2. The lowest BCUT2D eigenvalue weighted by molar-refractivity contribution is 0.210. The van der Waals surface area contributed by atoms with Crippen molar-refractivity contribution in [1.29, 1.82) is 0 Å². The first-order valence-electron chi connectivity index (χ1n) is 8.87. The molecule has 0 saturated carbocycles. The van der Waals surface area contributed by atoms with Gasteiger partial charge in [0.15, 0.2) is 5.76 Å². The highest BCUT2D eigenvalue weighted by Gasteiger charge is 2.26. The number of amides is 1. The monoisotopic (exact) mass is 416 g/mol. The van der Waals surface area contributed by atoms with Crippen molar-refractivity contribution in [3.63, 3.8) is 0 Å². The van der Waals surface area contributed by atoms with E-state index in [1.54, 1.807) is 43.0 Å². The van der Waals surface area contributed by atoms with Gasteiger partial charge in [-0.1, -0.05) is 34.5 Å². The number of anilines is 1. The predicted molar refractivity (Wildman–Crippen MR) is 114 cm³/mol. The number of carbonyl (C=O) groups is 1. The summed E-state index contributed by atoms with van der Waals surface area (Å²) in [5.41, 5.74) is 0.649. The molecule has 0 aliphatic carbocycles. The molecule has 3 rings (SSSR count). The number of nitrogens with zero attached hydrogens (tertiary/aromatic N) is 2. The van der Waals surface area contributed by atoms with E-state index in [4.69, 9.17) is 16.1 Å². The molecular formula is C21H21ClN2O3S. The largest absolute Gasteiger partial charge is 0.370 e. The Balaban J connectivity index is 1.88. The molecule has 0 aliphatic rings. The van der Waals surface area contributed by atoms with Gasteiger partial charge in [0.05, 0.1) is 11.3 Å². The fourth-order valence-corrected chi connectivity index (χ4v) is 3.79. The molecule has 1 amide bonds. The van der Waals surface area contributed by atoms with E-state index in [1.807, 2.05) is 44.2 Å². The highest BCUT2D eigenvalue weighted by molar-refractivity contribution is 7.98. The Morgan fingerprint density at radius 3 is 2.39 bits per heavy atom. The zero-order chi connectivity index (χ0) is 20.3. The second-order valence-corrected chi connectivity index (χ2v) is 8.05. The molecule has 0 atom stereocenters. The normalized spacial score (nSPS) is 11.0. The lowest BCUT2D eigenvalue weighted by atomic mass is 10.2. The zero-order valence-corrected chi connectivity index (χ0v) is 17.5. The van der Waals surface area contributed by atoms with Crippen LogP contribution < -0.4 is 10.5 Å². The van der Waals surface area contributed by atoms with Crippen molar-refractivity contribution < 1.29 is 9.32 Å². The van der Waals surface area contributed by atoms with Gasteiger partial charge in [0, 0.05) is 21.6 Å². The first kappa shape index (κ1) is 20.3. The number of thioether (sulfide) groups is 1. The van der Waals surface area contributed by atoms with Gasteiger partial charge >= 0.3 is 6.03 Å². The highest BCUT2D eigenvalue weighted by atomic mass is 35.5. The minimum Gasteiger partial charge on any atom is -0.370 e. The van der Waals surface area contributed by atoms with Gasteiger partial charge in [0.25, 0.3) is 5.56 Å². The molecule has 0 saturated heterocycles. The maximum Gasteiger partial charge on any atom is 0.365 e. The van der Waals surface area contributed by atoms with Crippen LogP contribution in [0.15, 0.2) is 68.8 Å². The van der Waals surface area contributed by atoms with E-state index in [-0.39, 0.29) is 6.04 Å². The maximum atomic E-state index is 13.1. The van der Waals surface area contributed by atoms with Crippen LogP contribution in [0.2, 0.25) is 5.02 Å². The van der Waals surface area contributed by atoms with Gasteiger partial charge in [-0.15, -0.1) is 11.8 Å². The molecule has 0 aliphatic heterocycles. The Morgan fingerprint density at radius 2 is 1.79 bits per heavy atom. The van der Waals surface area contributed by atoms with Crippen LogP contribution in [0, 0.1) is 6.92 Å². The van der Waals surface area contributed by atoms with E-state index >= 15 is 0 Å². The molecule has 0 N–H and O–H groups in total. The molecule has 1 heterocycles. The number of carbonyl (C=O) groups excluding carboxylic acids is 1. The molecule has 5 nitrogen and oxygen atoms in total. The highest BCUT2D eigenvalue weighted by Crippen LogP contribution is 2.25. The second-order valence-electron chi connectivity index (χ2n) is 6.56. The lowest BCUT2D eigenvalue weighted by Crippen LogP contribution is -2.43. The molecule has 1 aromatic heterocycles. The van der Waals surface area contributed by atoms with Crippen LogP contribution in [0.3, 0.4) is 0 Å². The van der Waals surface area contributed by atoms with Gasteiger partial charge in [-0.25, -0.2) is 4.79 Å². The standard InChI is InChI=1S/C21H21ClN2O3S/c1-14(2)23(17-11-9-16(22)10-12-17)21(26)24-20(25)15(3)19(27-24)13-28-18-7-5-4-6-8-18/h4-12,14H,13H2,1-3H3. The topological polar surface area (TPSA) is 55.5 Å². The summed E-state index contributed by atoms with van der Waals surface area (Å²) in [7, 11) is 0. The summed E-state index contributed by atoms with van der Waals surface area (Å²) in [6.07, 6.45) is 0. The molecule has 0 fully saturated rings. The van der Waals surface area contributed by atoms with E-state index in [9.17, 15) is 9.59 Å². The van der Waals surface area contributed by atoms with Crippen LogP contribution >= 0.6 is 23.4 Å². The molecule has 0 radical (unpaired) electrons. The lowest BCUT2D eigenvalue weighted by Gasteiger charge is -2.25. The minimum absolute atomic E-state index is 0.173. The molecular weight excluding hydrogens is 396 g/mol. The number of halogens is 1. The molecule has 2 aromatic carbocycles. The van der Waals surface area contributed by atoms with Crippen LogP contribution in [0.25, 0.3) is 0 Å². The first-order chi connectivity index (χ1) is 13.4. The molecule has 146 valence electrons. The molecule has 0 bridgehead atoms. The number of hydrogen-bond acceptors (Lipinski definition) is 4. The van der Waals surface area contributed by atoms with Crippen molar-refractivity contribution in [2.24, 2.45) is 0 Å². The Morgan fingerprint density at radius 1 is 1.14 bits per heavy atom. The van der Waals surface area contributed by atoms with E-state index in [2.05, 4.69) is 0 Å². The maximum absolute atomic E-state index is 13.1. The summed E-state index contributed by atoms with van der Waals surface area (Å²) in [5, 5.41) is 0.575. The number of rotatable bonds is 5. The van der Waals surface area contributed by atoms with Crippen LogP contribution in [0.1, 0.15) is 25.2 Å². The third-order valence-corrected chi connectivity index (χ3v) is 5.50. The third-order valence-electron chi connectivity index (χ3n) is 4.24. The summed E-state index contributed by atoms with van der Waals surface area (Å²) in [5.74, 6) is 0.959. The number of hydrogen-bond donors (Lipinski definition) is 0. The smallest absolute Gasteiger partial charge is 0.365 e. The van der Waals surface area contributed by atoms with Gasteiger partial charge in [-0.05, 0) is 57.2 Å². The van der Waals surface area contributed by atoms with Crippen LogP contribution in [-0.2, 0) is 5.75 Å². The SMILES string of the molecule is Cc1c(CSc2ccccc2)on(C(=O)N(c2ccc(Cl)cc2)C(C)C)c1=O. The Labute approximate surface area is 172 Å². The minimum atomic E-state index is -0.526. The fraction of sp³-hybridized carbons (Fsp3) is 0.238. The van der Waals surface area contributed by atoms with Crippen LogP contribution in [0.4, 0.5) is 10.5 Å². The van der Waals surface area contributed by atoms with Crippen molar-refractivity contribution in [3.8, 4) is 0 Å². The second kappa shape index (κ2) is 8.71. The molecule has 28 heavy (non-hydrogen) atoms. The average Bonchev–Trinajstić information content (AvgIpc) is 2.97. The number of benzene rings is 2. The molecule has 3 aromatic rings.